The van der Waals surface area contributed by atoms with Crippen LogP contribution in [0.2, 0.25) is 0 Å². The third-order valence-electron chi connectivity index (χ3n) is 8.31. The van der Waals surface area contributed by atoms with E-state index < -0.39 is 0 Å². The second kappa shape index (κ2) is 7.18. The van der Waals surface area contributed by atoms with Crippen molar-refractivity contribution in [1.82, 2.24) is 19.9 Å². The Morgan fingerprint density at radius 2 is 2.00 bits per heavy atom. The highest BCUT2D eigenvalue weighted by molar-refractivity contribution is 6.08. The van der Waals surface area contributed by atoms with Crippen molar-refractivity contribution in [2.75, 3.05) is 6.54 Å². The maximum absolute atomic E-state index is 13.5. The standard InChI is InChI=1S/C26H30N4O/c1-17-5-2-7-22-23(17)21(15-30(22)25-27-9-4-10-28-25)24(31)29-16-26-8-3-6-19-11-18(13-26)12-20(19)14-26/h2,4-5,7,9-10,15,18-20H,3,6,8,11-14,16H2,1H3,(H,29,31). The fourth-order valence-electron chi connectivity index (χ4n) is 7.12. The van der Waals surface area contributed by atoms with Crippen LogP contribution in [0.1, 0.15) is 60.9 Å². The van der Waals surface area contributed by atoms with Gasteiger partial charge in [-0.25, -0.2) is 9.97 Å². The second-order valence-corrected chi connectivity index (χ2v) is 10.3. The molecule has 1 amide bonds. The fraction of sp³-hybridized carbons (Fsp3) is 0.500. The molecule has 2 aromatic heterocycles. The summed E-state index contributed by atoms with van der Waals surface area (Å²) in [5, 5.41) is 4.37. The Morgan fingerprint density at radius 3 is 2.87 bits per heavy atom. The zero-order valence-corrected chi connectivity index (χ0v) is 18.2. The van der Waals surface area contributed by atoms with Gasteiger partial charge in [-0.3, -0.25) is 9.36 Å². The van der Waals surface area contributed by atoms with Crippen LogP contribution in [0.4, 0.5) is 0 Å². The number of carbonyl (C=O) groups is 1. The summed E-state index contributed by atoms with van der Waals surface area (Å²) in [6, 6.07) is 7.94. The molecule has 3 fully saturated rings. The predicted molar refractivity (Wildman–Crippen MR) is 121 cm³/mol. The zero-order chi connectivity index (χ0) is 21.0. The van der Waals surface area contributed by atoms with Crippen LogP contribution in [0.25, 0.3) is 16.9 Å². The minimum absolute atomic E-state index is 0.0297. The Labute approximate surface area is 183 Å². The summed E-state index contributed by atoms with van der Waals surface area (Å²) in [5.41, 5.74) is 3.11. The van der Waals surface area contributed by atoms with E-state index >= 15 is 0 Å². The number of hydrogen-bond acceptors (Lipinski definition) is 3. The first-order valence-electron chi connectivity index (χ1n) is 11.8. The topological polar surface area (TPSA) is 59.8 Å². The summed E-state index contributed by atoms with van der Waals surface area (Å²) in [4.78, 5) is 22.3. The van der Waals surface area contributed by atoms with Gasteiger partial charge in [0, 0.05) is 30.5 Å². The lowest BCUT2D eigenvalue weighted by Crippen LogP contribution is -2.41. The van der Waals surface area contributed by atoms with Gasteiger partial charge in [0.1, 0.15) is 0 Å². The van der Waals surface area contributed by atoms with Gasteiger partial charge < -0.3 is 5.32 Å². The molecule has 0 radical (unpaired) electrons. The van der Waals surface area contributed by atoms with Gasteiger partial charge in [0.25, 0.3) is 5.91 Å². The van der Waals surface area contributed by atoms with Gasteiger partial charge in [0.15, 0.2) is 0 Å². The normalized spacial score (nSPS) is 29.3. The Kier molecular flexibility index (Phi) is 4.41. The third kappa shape index (κ3) is 3.17. The van der Waals surface area contributed by atoms with E-state index in [0.717, 1.165) is 46.3 Å². The molecule has 160 valence electrons. The first kappa shape index (κ1) is 19.0. The van der Waals surface area contributed by atoms with Crippen LogP contribution >= 0.6 is 0 Å². The highest BCUT2D eigenvalue weighted by Gasteiger charge is 2.49. The van der Waals surface area contributed by atoms with Crippen molar-refractivity contribution in [3.63, 3.8) is 0 Å². The van der Waals surface area contributed by atoms with Crippen molar-refractivity contribution in [2.45, 2.75) is 51.9 Å². The predicted octanol–water partition coefficient (Wildman–Crippen LogP) is 5.07. The molecule has 0 saturated heterocycles. The Hall–Kier alpha value is -2.69. The molecule has 3 aromatic rings. The molecule has 0 aliphatic heterocycles. The van der Waals surface area contributed by atoms with Crippen LogP contribution < -0.4 is 5.32 Å². The van der Waals surface area contributed by atoms with Gasteiger partial charge in [-0.2, -0.15) is 0 Å². The van der Waals surface area contributed by atoms with Gasteiger partial charge in [-0.1, -0.05) is 25.0 Å². The molecular weight excluding hydrogens is 384 g/mol. The molecule has 5 heteroatoms. The number of rotatable bonds is 4. The molecule has 2 heterocycles. The second-order valence-electron chi connectivity index (χ2n) is 10.3. The molecular formula is C26H30N4O. The number of aryl methyl sites for hydroxylation is 1. The quantitative estimate of drug-likeness (QED) is 0.649. The number of hydrogen-bond donors (Lipinski definition) is 1. The van der Waals surface area contributed by atoms with Crippen LogP contribution in [0, 0.1) is 30.1 Å². The number of amides is 1. The maximum atomic E-state index is 13.5. The lowest BCUT2D eigenvalue weighted by molar-refractivity contribution is 0.0855. The first-order chi connectivity index (χ1) is 15.1. The van der Waals surface area contributed by atoms with E-state index in [1.165, 1.54) is 44.9 Å². The molecule has 1 aromatic carbocycles. The van der Waals surface area contributed by atoms with Gasteiger partial charge >= 0.3 is 0 Å². The maximum Gasteiger partial charge on any atom is 0.253 e. The van der Waals surface area contributed by atoms with E-state index in [1.54, 1.807) is 12.4 Å². The number of nitrogens with one attached hydrogen (secondary N) is 1. The minimum Gasteiger partial charge on any atom is -0.351 e. The van der Waals surface area contributed by atoms with Crippen molar-refractivity contribution >= 4 is 16.8 Å². The molecule has 4 atom stereocenters. The highest BCUT2D eigenvalue weighted by atomic mass is 16.1. The van der Waals surface area contributed by atoms with Crippen molar-refractivity contribution in [3.05, 3.63) is 54.0 Å². The van der Waals surface area contributed by atoms with Crippen molar-refractivity contribution in [2.24, 2.45) is 23.2 Å². The lowest BCUT2D eigenvalue weighted by Gasteiger charge is -2.40. The Balaban J connectivity index is 1.31. The summed E-state index contributed by atoms with van der Waals surface area (Å²) in [6.45, 7) is 2.88. The summed E-state index contributed by atoms with van der Waals surface area (Å²) >= 11 is 0. The number of benzene rings is 1. The van der Waals surface area contributed by atoms with E-state index in [1.807, 2.05) is 29.0 Å². The molecule has 3 bridgehead atoms. The van der Waals surface area contributed by atoms with Crippen molar-refractivity contribution in [1.29, 1.82) is 0 Å². The zero-order valence-electron chi connectivity index (χ0n) is 18.2. The van der Waals surface area contributed by atoms with E-state index in [0.29, 0.717) is 11.4 Å². The van der Waals surface area contributed by atoms with Crippen LogP contribution in [0.5, 0.6) is 0 Å². The molecule has 31 heavy (non-hydrogen) atoms. The average molecular weight is 415 g/mol. The molecule has 1 N–H and O–H groups in total. The van der Waals surface area contributed by atoms with Crippen LogP contribution in [0.3, 0.4) is 0 Å². The largest absolute Gasteiger partial charge is 0.351 e. The average Bonchev–Trinajstić information content (AvgIpc) is 3.27. The number of aromatic nitrogens is 3. The van der Waals surface area contributed by atoms with Crippen LogP contribution in [-0.4, -0.2) is 27.0 Å². The number of carbonyl (C=O) groups excluding carboxylic acids is 1. The molecule has 3 aliphatic rings. The van der Waals surface area contributed by atoms with Gasteiger partial charge in [0.2, 0.25) is 5.95 Å². The van der Waals surface area contributed by atoms with Crippen LogP contribution in [0.15, 0.2) is 42.9 Å². The summed E-state index contributed by atoms with van der Waals surface area (Å²) < 4.78 is 1.94. The lowest BCUT2D eigenvalue weighted by atomic mass is 9.67. The van der Waals surface area contributed by atoms with E-state index in [2.05, 4.69) is 28.3 Å². The van der Waals surface area contributed by atoms with E-state index in [-0.39, 0.29) is 5.91 Å². The third-order valence-corrected chi connectivity index (χ3v) is 8.31. The monoisotopic (exact) mass is 414 g/mol. The van der Waals surface area contributed by atoms with Crippen molar-refractivity contribution in [3.8, 4) is 5.95 Å². The smallest absolute Gasteiger partial charge is 0.253 e. The summed E-state index contributed by atoms with van der Waals surface area (Å²) in [5.74, 6) is 3.37. The molecule has 0 spiro atoms. The molecule has 3 saturated carbocycles. The molecule has 3 aliphatic carbocycles. The molecule has 4 unspecified atom stereocenters. The van der Waals surface area contributed by atoms with Crippen molar-refractivity contribution < 1.29 is 4.79 Å². The molecule has 5 nitrogen and oxygen atoms in total. The number of nitrogens with zero attached hydrogens (tertiary/aromatic N) is 3. The van der Waals surface area contributed by atoms with Gasteiger partial charge in [-0.05, 0) is 79.9 Å². The first-order valence-corrected chi connectivity index (χ1v) is 11.8. The molecule has 6 rings (SSSR count). The number of fused-ring (bicyclic) bond motifs is 3. The fourth-order valence-corrected chi connectivity index (χ4v) is 7.12. The van der Waals surface area contributed by atoms with Crippen LogP contribution in [-0.2, 0) is 0 Å². The highest BCUT2D eigenvalue weighted by Crippen LogP contribution is 2.58. The summed E-state index contributed by atoms with van der Waals surface area (Å²) in [6.07, 6.45) is 14.9. The van der Waals surface area contributed by atoms with Gasteiger partial charge in [-0.15, -0.1) is 0 Å². The summed E-state index contributed by atoms with van der Waals surface area (Å²) in [7, 11) is 0. The van der Waals surface area contributed by atoms with E-state index in [9.17, 15) is 4.79 Å². The Morgan fingerprint density at radius 1 is 1.16 bits per heavy atom. The minimum atomic E-state index is 0.0297. The van der Waals surface area contributed by atoms with E-state index in [4.69, 9.17) is 0 Å². The Bertz CT molecular complexity index is 1140. The van der Waals surface area contributed by atoms with Gasteiger partial charge in [0.05, 0.1) is 11.1 Å². The SMILES string of the molecule is Cc1cccc2c1c(C(=O)NCC13CCCC4CC(CC4C1)C3)cn2-c1ncccn1.